The summed E-state index contributed by atoms with van der Waals surface area (Å²) < 4.78 is 10.9. The van der Waals surface area contributed by atoms with Gasteiger partial charge in [0.25, 0.3) is 5.91 Å². The van der Waals surface area contributed by atoms with E-state index in [-0.39, 0.29) is 37.8 Å². The van der Waals surface area contributed by atoms with Crippen molar-refractivity contribution in [1.29, 1.82) is 0 Å². The molecule has 4 heterocycles. The molecule has 2 aliphatic rings. The molecule has 0 bridgehead atoms. The zero-order chi connectivity index (χ0) is 34.9. The van der Waals surface area contributed by atoms with Crippen LogP contribution in [0.1, 0.15) is 48.8 Å². The number of para-hydroxylation sites is 1. The SMILES string of the molecule is Cc1cccc(Cl)c1CNC(=O)[C@H]1N(C(=O)[C@@H](O)C[C@@H](Cc2cc3ccncc3o2)C(=O)N[C@H]2c3ccccc3OCC2O)CSC1(C)C. The summed E-state index contributed by atoms with van der Waals surface area (Å²) in [6, 6.07) is 14.6. The average Bonchev–Trinajstić information content (AvgIpc) is 3.64. The van der Waals surface area contributed by atoms with Gasteiger partial charge in [-0.15, -0.1) is 11.8 Å². The number of nitrogens with zero attached hydrogens (tertiary/aromatic N) is 2. The molecule has 2 aliphatic heterocycles. The van der Waals surface area contributed by atoms with Gasteiger partial charge in [0.1, 0.15) is 36.4 Å². The van der Waals surface area contributed by atoms with Crippen molar-refractivity contribution in [3.63, 3.8) is 0 Å². The highest BCUT2D eigenvalue weighted by molar-refractivity contribution is 8.00. The van der Waals surface area contributed by atoms with Crippen LogP contribution in [0.2, 0.25) is 5.02 Å². The highest BCUT2D eigenvalue weighted by Crippen LogP contribution is 2.40. The molecule has 4 N–H and O–H groups in total. The van der Waals surface area contributed by atoms with Gasteiger partial charge in [0.15, 0.2) is 5.58 Å². The quantitative estimate of drug-likeness (QED) is 0.189. The topological polar surface area (TPSA) is 154 Å². The average molecular weight is 707 g/mol. The molecule has 1 unspecified atom stereocenters. The molecule has 2 aromatic heterocycles. The number of hydrogen-bond acceptors (Lipinski definition) is 9. The molecule has 13 heteroatoms. The van der Waals surface area contributed by atoms with Crippen molar-refractivity contribution >= 4 is 52.1 Å². The van der Waals surface area contributed by atoms with Gasteiger partial charge in [-0.2, -0.15) is 0 Å². The molecule has 49 heavy (non-hydrogen) atoms. The Kier molecular flexibility index (Phi) is 10.2. The van der Waals surface area contributed by atoms with Crippen LogP contribution < -0.4 is 15.4 Å². The van der Waals surface area contributed by atoms with E-state index >= 15 is 0 Å². The fourth-order valence-electron chi connectivity index (χ4n) is 6.50. The molecule has 4 aromatic rings. The Hall–Kier alpha value is -4.10. The monoisotopic (exact) mass is 706 g/mol. The lowest BCUT2D eigenvalue weighted by atomic mass is 9.92. The Morgan fingerprint density at radius 1 is 1.16 bits per heavy atom. The van der Waals surface area contributed by atoms with Gasteiger partial charge >= 0.3 is 0 Å². The number of aryl methyl sites for hydroxylation is 1. The number of carbonyl (C=O) groups excluding carboxylic acids is 3. The van der Waals surface area contributed by atoms with Crippen molar-refractivity contribution in [2.45, 2.75) is 69.2 Å². The van der Waals surface area contributed by atoms with Crippen LogP contribution in [0.25, 0.3) is 11.0 Å². The third-order valence-corrected chi connectivity index (χ3v) is 10.9. The maximum absolute atomic E-state index is 14.0. The number of pyridine rings is 1. The van der Waals surface area contributed by atoms with E-state index in [1.54, 1.807) is 54.9 Å². The molecule has 0 spiro atoms. The fraction of sp³-hybridized carbons (Fsp3) is 0.389. The Morgan fingerprint density at radius 3 is 2.73 bits per heavy atom. The van der Waals surface area contributed by atoms with Crippen LogP contribution >= 0.6 is 23.4 Å². The number of aromatic nitrogens is 1. The van der Waals surface area contributed by atoms with Gasteiger partial charge in [-0.1, -0.05) is 41.9 Å². The molecule has 3 amide bonds. The lowest BCUT2D eigenvalue weighted by Crippen LogP contribution is -2.55. The highest BCUT2D eigenvalue weighted by Gasteiger charge is 2.49. The smallest absolute Gasteiger partial charge is 0.252 e. The maximum Gasteiger partial charge on any atom is 0.252 e. The third-order valence-electron chi connectivity index (χ3n) is 9.20. The molecule has 258 valence electrons. The summed E-state index contributed by atoms with van der Waals surface area (Å²) in [5.74, 6) is -1.23. The minimum atomic E-state index is -1.61. The molecule has 1 saturated heterocycles. The number of thioether (sulfide) groups is 1. The van der Waals surface area contributed by atoms with E-state index in [4.69, 9.17) is 20.8 Å². The first-order valence-electron chi connectivity index (χ1n) is 16.1. The van der Waals surface area contributed by atoms with Crippen molar-refractivity contribution in [3.8, 4) is 5.75 Å². The zero-order valence-corrected chi connectivity index (χ0v) is 29.0. The van der Waals surface area contributed by atoms with E-state index in [1.807, 2.05) is 32.9 Å². The highest BCUT2D eigenvalue weighted by atomic mass is 35.5. The van der Waals surface area contributed by atoms with Gasteiger partial charge in [-0.05, 0) is 62.6 Å². The van der Waals surface area contributed by atoms with Crippen LogP contribution in [0.5, 0.6) is 5.75 Å². The van der Waals surface area contributed by atoms with E-state index in [9.17, 15) is 24.6 Å². The Morgan fingerprint density at radius 2 is 1.96 bits per heavy atom. The summed E-state index contributed by atoms with van der Waals surface area (Å²) in [4.78, 5) is 47.0. The third kappa shape index (κ3) is 7.42. The van der Waals surface area contributed by atoms with Crippen LogP contribution in [0.15, 0.2) is 71.4 Å². The van der Waals surface area contributed by atoms with Crippen LogP contribution in [0, 0.1) is 12.8 Å². The Balaban J connectivity index is 1.21. The normalized spacial score (nSPS) is 21.0. The predicted molar refractivity (Wildman–Crippen MR) is 186 cm³/mol. The lowest BCUT2D eigenvalue weighted by Gasteiger charge is -2.33. The maximum atomic E-state index is 14.0. The number of benzene rings is 2. The van der Waals surface area contributed by atoms with Crippen molar-refractivity contribution in [3.05, 3.63) is 94.5 Å². The number of rotatable bonds is 10. The van der Waals surface area contributed by atoms with E-state index in [0.29, 0.717) is 27.7 Å². The van der Waals surface area contributed by atoms with Gasteiger partial charge in [0, 0.05) is 45.8 Å². The van der Waals surface area contributed by atoms with E-state index < -0.39 is 46.8 Å². The Bertz CT molecular complexity index is 1810. The minimum Gasteiger partial charge on any atom is -0.490 e. The molecule has 11 nitrogen and oxygen atoms in total. The number of aliphatic hydroxyl groups excluding tert-OH is 2. The standard InChI is InChI=1S/C36H39ClN4O7S/c1-20-7-6-9-26(37)25(20)16-39-34(45)32-36(2,3)49-19-41(32)35(46)27(42)15-22(14-23-13-21-11-12-38-17-30(21)48-23)33(44)40-31-24-8-4-5-10-29(24)47-18-28(31)43/h4-13,17,22,27-28,31-32,42-43H,14-16,18-19H2,1-3H3,(H,39,45)(H,40,44)/t22-,27+,28?,31+,32-/m1/s1. The van der Waals surface area contributed by atoms with Gasteiger partial charge < -0.3 is 34.9 Å². The summed E-state index contributed by atoms with van der Waals surface area (Å²) in [5, 5.41) is 29.4. The molecule has 0 radical (unpaired) electrons. The van der Waals surface area contributed by atoms with E-state index in [0.717, 1.165) is 16.5 Å². The van der Waals surface area contributed by atoms with Gasteiger partial charge in [-0.25, -0.2) is 0 Å². The number of fused-ring (bicyclic) bond motifs is 2. The molecule has 5 atom stereocenters. The second-order valence-corrected chi connectivity index (χ2v) is 15.0. The number of halogens is 1. The summed E-state index contributed by atoms with van der Waals surface area (Å²) in [6.07, 6.45) is 0.399. The number of furan rings is 1. The lowest BCUT2D eigenvalue weighted by molar-refractivity contribution is -0.147. The van der Waals surface area contributed by atoms with Gasteiger partial charge in [0.05, 0.1) is 18.1 Å². The van der Waals surface area contributed by atoms with Crippen LogP contribution in [-0.2, 0) is 27.3 Å². The molecule has 0 saturated carbocycles. The summed E-state index contributed by atoms with van der Waals surface area (Å²) in [5.41, 5.74) is 2.88. The number of aliphatic hydroxyl groups is 2. The number of hydrogen-bond donors (Lipinski definition) is 4. The van der Waals surface area contributed by atoms with Crippen molar-refractivity contribution in [2.24, 2.45) is 5.92 Å². The molecule has 0 aliphatic carbocycles. The predicted octanol–water partition coefficient (Wildman–Crippen LogP) is 4.31. The van der Waals surface area contributed by atoms with Crippen molar-refractivity contribution < 1.29 is 33.8 Å². The minimum absolute atomic E-state index is 0.00772. The molecule has 6 rings (SSSR count). The van der Waals surface area contributed by atoms with Gasteiger partial charge in [0.2, 0.25) is 11.8 Å². The molecular weight excluding hydrogens is 668 g/mol. The first-order chi connectivity index (χ1) is 23.4. The van der Waals surface area contributed by atoms with Gasteiger partial charge in [-0.3, -0.25) is 19.4 Å². The van der Waals surface area contributed by atoms with E-state index in [1.165, 1.54) is 16.7 Å². The summed E-state index contributed by atoms with van der Waals surface area (Å²) in [7, 11) is 0. The second-order valence-electron chi connectivity index (χ2n) is 13.0. The van der Waals surface area contributed by atoms with Crippen LogP contribution in [-0.4, -0.2) is 73.3 Å². The largest absolute Gasteiger partial charge is 0.490 e. The number of ether oxygens (including phenoxy) is 1. The first kappa shape index (κ1) is 34.8. The van der Waals surface area contributed by atoms with Crippen molar-refractivity contribution in [2.75, 3.05) is 12.5 Å². The number of carbonyl (C=O) groups is 3. The first-order valence-corrected chi connectivity index (χ1v) is 17.5. The summed E-state index contributed by atoms with van der Waals surface area (Å²) in [6.45, 7) is 5.85. The van der Waals surface area contributed by atoms with Crippen molar-refractivity contribution in [1.82, 2.24) is 20.5 Å². The fourth-order valence-corrected chi connectivity index (χ4v) is 7.92. The molecule has 1 fully saturated rings. The molecular formula is C36H39ClN4O7S. The second kappa shape index (κ2) is 14.4. The van der Waals surface area contributed by atoms with Crippen LogP contribution in [0.3, 0.4) is 0 Å². The Labute approximate surface area is 293 Å². The zero-order valence-electron chi connectivity index (χ0n) is 27.4. The summed E-state index contributed by atoms with van der Waals surface area (Å²) >= 11 is 7.82. The van der Waals surface area contributed by atoms with E-state index in [2.05, 4.69) is 15.6 Å². The number of amides is 3. The van der Waals surface area contributed by atoms with Crippen LogP contribution in [0.4, 0.5) is 0 Å². The number of nitrogens with one attached hydrogen (secondary N) is 2. The molecule has 2 aromatic carbocycles.